The molecule has 0 amide bonds. The smallest absolute Gasteiger partial charge is 0.148 e. The van der Waals surface area contributed by atoms with E-state index in [1.807, 2.05) is 6.07 Å². The Morgan fingerprint density at radius 3 is 2.33 bits per heavy atom. The van der Waals surface area contributed by atoms with Gasteiger partial charge in [-0.2, -0.15) is 0 Å². The first-order chi connectivity index (χ1) is 11.6. The first kappa shape index (κ1) is 14.9. The van der Waals surface area contributed by atoms with E-state index < -0.39 is 0 Å². The second-order valence-electron chi connectivity index (χ2n) is 6.53. The Hall–Kier alpha value is -2.68. The van der Waals surface area contributed by atoms with E-state index in [1.165, 1.54) is 10.9 Å². The number of benzene rings is 2. The van der Waals surface area contributed by atoms with Crippen molar-refractivity contribution in [3.63, 3.8) is 0 Å². The lowest BCUT2D eigenvalue weighted by molar-refractivity contribution is 0.491. The summed E-state index contributed by atoms with van der Waals surface area (Å²) in [6.45, 7) is 6.36. The quantitative estimate of drug-likeness (QED) is 0.714. The van der Waals surface area contributed by atoms with Crippen molar-refractivity contribution in [3.05, 3.63) is 71.4 Å². The highest BCUT2D eigenvalue weighted by Crippen LogP contribution is 2.32. The lowest BCUT2D eigenvalue weighted by atomic mass is 9.98. The Morgan fingerprint density at radius 1 is 0.917 bits per heavy atom. The molecule has 4 rings (SSSR count). The van der Waals surface area contributed by atoms with Gasteiger partial charge in [0.15, 0.2) is 0 Å². The van der Waals surface area contributed by atoms with E-state index in [9.17, 15) is 0 Å². The number of H-pyrrole nitrogens is 1. The van der Waals surface area contributed by atoms with E-state index in [0.717, 1.165) is 34.6 Å². The van der Waals surface area contributed by atoms with Gasteiger partial charge in [0, 0.05) is 27.7 Å². The molecule has 0 fully saturated rings. The number of hydrogen-bond donors (Lipinski definition) is 1. The van der Waals surface area contributed by atoms with Crippen LogP contribution >= 0.6 is 0 Å². The highest BCUT2D eigenvalue weighted by Gasteiger charge is 2.33. The maximum Gasteiger partial charge on any atom is 0.148 e. The molecule has 0 saturated carbocycles. The summed E-state index contributed by atoms with van der Waals surface area (Å²) in [6, 6.07) is 18.8. The van der Waals surface area contributed by atoms with Crippen LogP contribution in [0.25, 0.3) is 10.9 Å². The van der Waals surface area contributed by atoms with Gasteiger partial charge in [-0.1, -0.05) is 55.5 Å². The number of aromatic nitrogens is 1. The molecule has 2 aromatic carbocycles. The van der Waals surface area contributed by atoms with E-state index in [-0.39, 0.29) is 5.66 Å². The lowest BCUT2D eigenvalue weighted by Crippen LogP contribution is -2.14. The molecule has 0 spiro atoms. The molecule has 3 aromatic rings. The molecule has 0 radical (unpaired) electrons. The maximum atomic E-state index is 5.04. The number of nitrogens with zero attached hydrogens (tertiary/aromatic N) is 2. The average molecular weight is 315 g/mol. The minimum absolute atomic E-state index is 0.384. The molecule has 1 aromatic heterocycles. The normalized spacial score (nSPS) is 20.3. The van der Waals surface area contributed by atoms with E-state index in [0.29, 0.717) is 0 Å². The topological polar surface area (TPSA) is 40.5 Å². The highest BCUT2D eigenvalue weighted by molar-refractivity contribution is 6.56. The predicted octanol–water partition coefficient (Wildman–Crippen LogP) is 4.89. The van der Waals surface area contributed by atoms with Crippen molar-refractivity contribution in [2.45, 2.75) is 32.9 Å². The summed E-state index contributed by atoms with van der Waals surface area (Å²) in [6.07, 6.45) is 0.883. The van der Waals surface area contributed by atoms with Crippen molar-refractivity contribution in [3.8, 4) is 0 Å². The molecular formula is C21H21N3. The van der Waals surface area contributed by atoms with E-state index in [4.69, 9.17) is 9.98 Å². The van der Waals surface area contributed by atoms with Crippen LogP contribution in [0.3, 0.4) is 0 Å². The maximum absolute atomic E-state index is 5.04. The molecule has 0 saturated heterocycles. The van der Waals surface area contributed by atoms with Crippen molar-refractivity contribution in [2.24, 2.45) is 9.98 Å². The zero-order valence-corrected chi connectivity index (χ0v) is 14.3. The number of nitrogens with one attached hydrogen (secondary N) is 1. The van der Waals surface area contributed by atoms with Crippen molar-refractivity contribution in [2.75, 3.05) is 0 Å². The van der Waals surface area contributed by atoms with Crippen LogP contribution in [-0.4, -0.2) is 22.1 Å². The second-order valence-corrected chi connectivity index (χ2v) is 6.53. The fourth-order valence-corrected chi connectivity index (χ4v) is 3.32. The Labute approximate surface area is 142 Å². The van der Waals surface area contributed by atoms with Crippen molar-refractivity contribution in [1.82, 2.24) is 4.98 Å². The van der Waals surface area contributed by atoms with Gasteiger partial charge in [0.1, 0.15) is 5.66 Å². The van der Waals surface area contributed by atoms with Crippen LogP contribution in [0.4, 0.5) is 0 Å². The van der Waals surface area contributed by atoms with E-state index in [1.54, 1.807) is 0 Å². The van der Waals surface area contributed by atoms with Gasteiger partial charge in [0.25, 0.3) is 0 Å². The van der Waals surface area contributed by atoms with Crippen LogP contribution in [-0.2, 0) is 0 Å². The summed E-state index contributed by atoms with van der Waals surface area (Å²) in [7, 11) is 0. The second kappa shape index (κ2) is 5.45. The van der Waals surface area contributed by atoms with E-state index in [2.05, 4.69) is 74.3 Å². The van der Waals surface area contributed by atoms with Crippen LogP contribution in [0.15, 0.2) is 64.6 Å². The van der Waals surface area contributed by atoms with Crippen LogP contribution in [0, 0.1) is 6.92 Å². The Balaban J connectivity index is 1.96. The van der Waals surface area contributed by atoms with Gasteiger partial charge in [-0.05, 0) is 26.3 Å². The molecule has 1 aliphatic heterocycles. The number of aryl methyl sites for hydroxylation is 1. The van der Waals surface area contributed by atoms with Gasteiger partial charge in [0.2, 0.25) is 0 Å². The van der Waals surface area contributed by atoms with Crippen LogP contribution in [0.5, 0.6) is 0 Å². The molecule has 1 N–H and O–H groups in total. The lowest BCUT2D eigenvalue weighted by Gasteiger charge is -2.13. The average Bonchev–Trinajstić information content (AvgIpc) is 3.12. The third-order valence-electron chi connectivity index (χ3n) is 4.78. The van der Waals surface area contributed by atoms with Crippen molar-refractivity contribution in [1.29, 1.82) is 0 Å². The standard InChI is InChI=1S/C21H21N3/c1-4-21(3)23-19(15-10-6-5-7-11-15)20(24-21)18-14(2)22-17-13-9-8-12-16(17)18/h5-13,22H,4H2,1-3H3. The van der Waals surface area contributed by atoms with E-state index >= 15 is 0 Å². The molecule has 3 heteroatoms. The van der Waals surface area contributed by atoms with Crippen LogP contribution < -0.4 is 0 Å². The van der Waals surface area contributed by atoms with Crippen LogP contribution in [0.1, 0.15) is 37.1 Å². The molecule has 1 unspecified atom stereocenters. The third kappa shape index (κ3) is 2.28. The number of para-hydroxylation sites is 1. The highest BCUT2D eigenvalue weighted by atomic mass is 15.1. The number of aromatic amines is 1. The summed E-state index contributed by atoms with van der Waals surface area (Å²) < 4.78 is 0. The summed E-state index contributed by atoms with van der Waals surface area (Å²) in [5.74, 6) is 0. The van der Waals surface area contributed by atoms with Gasteiger partial charge >= 0.3 is 0 Å². The number of fused-ring (bicyclic) bond motifs is 1. The minimum Gasteiger partial charge on any atom is -0.358 e. The SMILES string of the molecule is CCC1(C)N=C(c2ccccc2)C(c2c(C)[nH]c3ccccc23)=N1. The first-order valence-electron chi connectivity index (χ1n) is 8.44. The molecule has 0 bridgehead atoms. The summed E-state index contributed by atoms with van der Waals surface area (Å²) in [5, 5.41) is 1.21. The molecule has 1 atom stereocenters. The minimum atomic E-state index is -0.384. The van der Waals surface area contributed by atoms with Crippen molar-refractivity contribution < 1.29 is 0 Å². The van der Waals surface area contributed by atoms with Gasteiger partial charge in [-0.15, -0.1) is 0 Å². The van der Waals surface area contributed by atoms with Gasteiger partial charge in [-0.3, -0.25) is 9.98 Å². The molecule has 2 heterocycles. The summed E-state index contributed by atoms with van der Waals surface area (Å²) in [4.78, 5) is 13.5. The van der Waals surface area contributed by atoms with Gasteiger partial charge < -0.3 is 4.98 Å². The van der Waals surface area contributed by atoms with Crippen LogP contribution in [0.2, 0.25) is 0 Å². The molecule has 24 heavy (non-hydrogen) atoms. The molecule has 120 valence electrons. The first-order valence-corrected chi connectivity index (χ1v) is 8.44. The van der Waals surface area contributed by atoms with Gasteiger partial charge in [-0.25, -0.2) is 0 Å². The zero-order valence-electron chi connectivity index (χ0n) is 14.3. The molecular weight excluding hydrogens is 294 g/mol. The van der Waals surface area contributed by atoms with Gasteiger partial charge in [0.05, 0.1) is 11.4 Å². The number of hydrogen-bond acceptors (Lipinski definition) is 2. The fourth-order valence-electron chi connectivity index (χ4n) is 3.32. The number of aliphatic imine (C=N–C) groups is 2. The molecule has 0 aliphatic carbocycles. The Morgan fingerprint density at radius 2 is 1.58 bits per heavy atom. The fraction of sp³-hybridized carbons (Fsp3) is 0.238. The molecule has 3 nitrogen and oxygen atoms in total. The Kier molecular flexibility index (Phi) is 3.38. The number of rotatable bonds is 3. The Bertz CT molecular complexity index is 963. The third-order valence-corrected chi connectivity index (χ3v) is 4.78. The monoisotopic (exact) mass is 315 g/mol. The largest absolute Gasteiger partial charge is 0.358 e. The molecule has 1 aliphatic rings. The predicted molar refractivity (Wildman–Crippen MR) is 101 cm³/mol. The zero-order chi connectivity index (χ0) is 16.7. The summed E-state index contributed by atoms with van der Waals surface area (Å²) in [5.41, 5.74) is 6.19. The summed E-state index contributed by atoms with van der Waals surface area (Å²) >= 11 is 0. The van der Waals surface area contributed by atoms with Crippen molar-refractivity contribution >= 4 is 22.3 Å².